The van der Waals surface area contributed by atoms with Crippen LogP contribution in [0.5, 0.6) is 0 Å². The maximum atomic E-state index is 4.98. The second kappa shape index (κ2) is 7.98. The van der Waals surface area contributed by atoms with E-state index in [2.05, 4.69) is 62.6 Å². The molecule has 2 aromatic heterocycles. The van der Waals surface area contributed by atoms with Gasteiger partial charge in [0.05, 0.1) is 15.9 Å². The number of thiophene rings is 1. The monoisotopic (exact) mass is 394 g/mol. The first-order chi connectivity index (χ1) is 14.1. The number of hydrogen-bond acceptors (Lipinski definition) is 3. The van der Waals surface area contributed by atoms with Gasteiger partial charge < -0.3 is 0 Å². The molecule has 0 spiro atoms. The van der Waals surface area contributed by atoms with Crippen molar-refractivity contribution in [3.63, 3.8) is 0 Å². The molecular weight excluding hydrogens is 372 g/mol. The summed E-state index contributed by atoms with van der Waals surface area (Å²) in [5.41, 5.74) is 7.35. The molecule has 0 bridgehead atoms. The SMILES string of the molecule is C=C/C=C\c1c(C)sc2c(-c3ccccc3)nc(-c3ccc(C(=C)C)cc3)nc12. The smallest absolute Gasteiger partial charge is 0.160 e. The summed E-state index contributed by atoms with van der Waals surface area (Å²) in [6.45, 7) is 12.0. The highest BCUT2D eigenvalue weighted by atomic mass is 32.1. The van der Waals surface area contributed by atoms with Gasteiger partial charge in [0.15, 0.2) is 5.82 Å². The van der Waals surface area contributed by atoms with Gasteiger partial charge in [-0.3, -0.25) is 0 Å². The van der Waals surface area contributed by atoms with Crippen molar-refractivity contribution in [3.05, 3.63) is 95.9 Å². The van der Waals surface area contributed by atoms with Crippen molar-refractivity contribution in [1.29, 1.82) is 0 Å². The summed E-state index contributed by atoms with van der Waals surface area (Å²) in [4.78, 5) is 11.2. The number of nitrogens with zero attached hydrogens (tertiary/aromatic N) is 2. The van der Waals surface area contributed by atoms with Crippen LogP contribution >= 0.6 is 11.3 Å². The molecule has 0 N–H and O–H groups in total. The lowest BCUT2D eigenvalue weighted by Crippen LogP contribution is -1.94. The fourth-order valence-corrected chi connectivity index (χ4v) is 4.38. The van der Waals surface area contributed by atoms with Gasteiger partial charge >= 0.3 is 0 Å². The molecule has 4 aromatic rings. The zero-order valence-corrected chi connectivity index (χ0v) is 17.5. The third kappa shape index (κ3) is 3.69. The molecule has 0 saturated carbocycles. The highest BCUT2D eigenvalue weighted by Gasteiger charge is 2.17. The molecule has 29 heavy (non-hydrogen) atoms. The van der Waals surface area contributed by atoms with Crippen molar-refractivity contribution in [1.82, 2.24) is 9.97 Å². The first kappa shape index (κ1) is 19.0. The molecule has 0 saturated heterocycles. The van der Waals surface area contributed by atoms with E-state index >= 15 is 0 Å². The molecule has 0 radical (unpaired) electrons. The third-order valence-electron chi connectivity index (χ3n) is 4.84. The zero-order valence-electron chi connectivity index (χ0n) is 16.6. The highest BCUT2D eigenvalue weighted by molar-refractivity contribution is 7.19. The van der Waals surface area contributed by atoms with Crippen molar-refractivity contribution in [2.75, 3.05) is 0 Å². The van der Waals surface area contributed by atoms with Crippen LogP contribution in [0.1, 0.15) is 22.9 Å². The Kier molecular flexibility index (Phi) is 5.24. The normalized spacial score (nSPS) is 11.2. The van der Waals surface area contributed by atoms with Gasteiger partial charge in [0.2, 0.25) is 0 Å². The Labute approximate surface area is 175 Å². The Morgan fingerprint density at radius 1 is 0.966 bits per heavy atom. The fourth-order valence-electron chi connectivity index (χ4n) is 3.29. The molecule has 0 amide bonds. The van der Waals surface area contributed by atoms with Gasteiger partial charge in [-0.1, -0.05) is 91.6 Å². The Morgan fingerprint density at radius 3 is 2.34 bits per heavy atom. The number of hydrogen-bond donors (Lipinski definition) is 0. The number of benzene rings is 2. The van der Waals surface area contributed by atoms with Crippen LogP contribution in [0.3, 0.4) is 0 Å². The van der Waals surface area contributed by atoms with Crippen LogP contribution in [0.25, 0.3) is 44.5 Å². The van der Waals surface area contributed by atoms with Gasteiger partial charge in [-0.25, -0.2) is 9.97 Å². The van der Waals surface area contributed by atoms with Crippen molar-refractivity contribution >= 4 is 33.2 Å². The molecule has 2 nitrogen and oxygen atoms in total. The van der Waals surface area contributed by atoms with Crippen LogP contribution in [-0.2, 0) is 0 Å². The number of aryl methyl sites for hydroxylation is 1. The molecule has 0 fully saturated rings. The summed E-state index contributed by atoms with van der Waals surface area (Å²) in [6.07, 6.45) is 5.83. The maximum absolute atomic E-state index is 4.98. The van der Waals surface area contributed by atoms with Crippen molar-refractivity contribution in [3.8, 4) is 22.6 Å². The van der Waals surface area contributed by atoms with Crippen LogP contribution in [0.4, 0.5) is 0 Å². The quantitative estimate of drug-likeness (QED) is 0.326. The van der Waals surface area contributed by atoms with E-state index in [9.17, 15) is 0 Å². The van der Waals surface area contributed by atoms with Crippen molar-refractivity contribution in [2.24, 2.45) is 0 Å². The minimum Gasteiger partial charge on any atom is -0.226 e. The van der Waals surface area contributed by atoms with Crippen LogP contribution < -0.4 is 0 Å². The lowest BCUT2D eigenvalue weighted by molar-refractivity contribution is 1.23. The molecule has 2 aromatic carbocycles. The summed E-state index contributed by atoms with van der Waals surface area (Å²) in [6, 6.07) is 18.6. The first-order valence-corrected chi connectivity index (χ1v) is 10.3. The summed E-state index contributed by atoms with van der Waals surface area (Å²) in [7, 11) is 0. The van der Waals surface area contributed by atoms with E-state index in [-0.39, 0.29) is 0 Å². The average Bonchev–Trinajstić information content (AvgIpc) is 3.07. The van der Waals surface area contributed by atoms with Crippen LogP contribution in [0.2, 0.25) is 0 Å². The van der Waals surface area contributed by atoms with E-state index in [0.717, 1.165) is 49.6 Å². The molecule has 142 valence electrons. The van der Waals surface area contributed by atoms with Crippen LogP contribution in [-0.4, -0.2) is 9.97 Å². The summed E-state index contributed by atoms with van der Waals surface area (Å²) >= 11 is 1.74. The second-order valence-electron chi connectivity index (χ2n) is 6.96. The van der Waals surface area contributed by atoms with E-state index in [1.54, 1.807) is 17.4 Å². The highest BCUT2D eigenvalue weighted by Crippen LogP contribution is 2.38. The maximum Gasteiger partial charge on any atom is 0.160 e. The van der Waals surface area contributed by atoms with Gasteiger partial charge in [0, 0.05) is 21.6 Å². The van der Waals surface area contributed by atoms with E-state index in [1.807, 2.05) is 31.2 Å². The predicted molar refractivity (Wildman–Crippen MR) is 127 cm³/mol. The van der Waals surface area contributed by atoms with E-state index in [0.29, 0.717) is 0 Å². The molecule has 2 heterocycles. The molecule has 0 aliphatic carbocycles. The Balaban J connectivity index is 1.99. The van der Waals surface area contributed by atoms with Crippen LogP contribution in [0, 0.1) is 6.92 Å². The number of aromatic nitrogens is 2. The summed E-state index contributed by atoms with van der Waals surface area (Å²) < 4.78 is 1.11. The van der Waals surface area contributed by atoms with Crippen LogP contribution in [0.15, 0.2) is 79.9 Å². The fraction of sp³-hybridized carbons (Fsp3) is 0.0769. The average molecular weight is 395 g/mol. The van der Waals surface area contributed by atoms with E-state index < -0.39 is 0 Å². The van der Waals surface area contributed by atoms with E-state index in [1.165, 1.54) is 4.88 Å². The number of fused-ring (bicyclic) bond motifs is 1. The molecular formula is C26H22N2S. The molecule has 0 unspecified atom stereocenters. The predicted octanol–water partition coefficient (Wildman–Crippen LogP) is 7.57. The number of rotatable bonds is 5. The summed E-state index contributed by atoms with van der Waals surface area (Å²) in [5.74, 6) is 0.732. The second-order valence-corrected chi connectivity index (χ2v) is 8.19. The van der Waals surface area contributed by atoms with E-state index in [4.69, 9.17) is 9.97 Å². The first-order valence-electron chi connectivity index (χ1n) is 9.50. The Morgan fingerprint density at radius 2 is 1.69 bits per heavy atom. The van der Waals surface area contributed by atoms with Gasteiger partial charge in [0.25, 0.3) is 0 Å². The molecule has 3 heteroatoms. The Bertz CT molecular complexity index is 1230. The number of allylic oxidation sites excluding steroid dienone is 3. The lowest BCUT2D eigenvalue weighted by atomic mass is 10.1. The third-order valence-corrected chi connectivity index (χ3v) is 5.95. The standard InChI is InChI=1S/C26H22N2S/c1-5-6-12-22-18(4)29-25-23(20-10-8-7-9-11-20)27-26(28-24(22)25)21-15-13-19(14-16-21)17(2)3/h5-16H,1-2H2,3-4H3/b12-6-. The topological polar surface area (TPSA) is 25.8 Å². The molecule has 0 aliphatic heterocycles. The largest absolute Gasteiger partial charge is 0.226 e. The van der Waals surface area contributed by atoms with Crippen molar-refractivity contribution in [2.45, 2.75) is 13.8 Å². The summed E-state index contributed by atoms with van der Waals surface area (Å²) in [5, 5.41) is 0. The lowest BCUT2D eigenvalue weighted by Gasteiger charge is -2.08. The molecule has 0 aliphatic rings. The zero-order chi connectivity index (χ0) is 20.4. The minimum absolute atomic E-state index is 0.732. The molecule has 4 rings (SSSR count). The minimum atomic E-state index is 0.732. The van der Waals surface area contributed by atoms with Gasteiger partial charge in [-0.15, -0.1) is 11.3 Å². The molecule has 0 atom stereocenters. The van der Waals surface area contributed by atoms with Gasteiger partial charge in [-0.2, -0.15) is 0 Å². The van der Waals surface area contributed by atoms with Gasteiger partial charge in [-0.05, 0) is 19.4 Å². The Hall–Kier alpha value is -3.30. The van der Waals surface area contributed by atoms with Crippen molar-refractivity contribution < 1.29 is 0 Å². The van der Waals surface area contributed by atoms with Gasteiger partial charge in [0.1, 0.15) is 0 Å².